The van der Waals surface area contributed by atoms with E-state index in [4.69, 9.17) is 5.73 Å². The van der Waals surface area contributed by atoms with E-state index in [2.05, 4.69) is 29.1 Å². The third-order valence-corrected chi connectivity index (χ3v) is 6.34. The van der Waals surface area contributed by atoms with Gasteiger partial charge in [0.1, 0.15) is 5.69 Å². The monoisotopic (exact) mass is 426 g/mol. The van der Waals surface area contributed by atoms with Gasteiger partial charge in [-0.3, -0.25) is 20.4 Å². The van der Waals surface area contributed by atoms with E-state index in [9.17, 15) is 9.59 Å². The Balaban J connectivity index is 1.49. The third-order valence-electron chi connectivity index (χ3n) is 6.34. The van der Waals surface area contributed by atoms with Crippen LogP contribution in [-0.4, -0.2) is 22.4 Å². The quantitative estimate of drug-likeness (QED) is 0.432. The van der Waals surface area contributed by atoms with Crippen LogP contribution in [0.15, 0.2) is 72.8 Å². The van der Waals surface area contributed by atoms with E-state index >= 15 is 0 Å². The third kappa shape index (κ3) is 3.74. The molecular weight excluding hydrogens is 400 g/mol. The highest BCUT2D eigenvalue weighted by Crippen LogP contribution is 2.29. The first kappa shape index (κ1) is 20.3. The van der Waals surface area contributed by atoms with Crippen LogP contribution < -0.4 is 16.6 Å². The van der Waals surface area contributed by atoms with Gasteiger partial charge in [-0.1, -0.05) is 61.0 Å². The maximum absolute atomic E-state index is 13.2. The molecule has 1 unspecified atom stereocenters. The van der Waals surface area contributed by atoms with Crippen LogP contribution in [0.25, 0.3) is 27.4 Å². The van der Waals surface area contributed by atoms with E-state index in [1.807, 2.05) is 59.2 Å². The van der Waals surface area contributed by atoms with Crippen LogP contribution in [0.5, 0.6) is 0 Å². The van der Waals surface area contributed by atoms with E-state index in [1.54, 1.807) is 0 Å². The summed E-state index contributed by atoms with van der Waals surface area (Å²) in [5.41, 5.74) is 13.6. The number of hydrogen-bond donors (Lipinski definition) is 3. The fraction of sp³-hybridized carbons (Fsp3) is 0.231. The molecule has 0 spiro atoms. The molecule has 6 heteroatoms. The first-order valence-corrected chi connectivity index (χ1v) is 11.1. The van der Waals surface area contributed by atoms with Gasteiger partial charge in [-0.25, -0.2) is 0 Å². The zero-order valence-electron chi connectivity index (χ0n) is 17.8. The molecule has 1 heterocycles. The lowest BCUT2D eigenvalue weighted by Crippen LogP contribution is -2.46. The van der Waals surface area contributed by atoms with Crippen molar-refractivity contribution in [2.75, 3.05) is 0 Å². The molecular formula is C26H26N4O2. The van der Waals surface area contributed by atoms with Gasteiger partial charge in [-0.15, -0.1) is 0 Å². The number of para-hydroxylation sites is 1. The van der Waals surface area contributed by atoms with Crippen LogP contribution >= 0.6 is 0 Å². The SMILES string of the molecule is N[C@@H]1CCCC(C(=O)NNC(=O)c2cc3ccccc3n2-c2cccc3ccccc23)C1. The van der Waals surface area contributed by atoms with E-state index in [-0.39, 0.29) is 23.8 Å². The molecule has 1 saturated carbocycles. The summed E-state index contributed by atoms with van der Waals surface area (Å²) >= 11 is 0. The number of amides is 2. The zero-order chi connectivity index (χ0) is 22.1. The van der Waals surface area contributed by atoms with Crippen molar-refractivity contribution in [3.63, 3.8) is 0 Å². The fourth-order valence-electron chi connectivity index (χ4n) is 4.73. The summed E-state index contributed by atoms with van der Waals surface area (Å²) in [6.07, 6.45) is 3.33. The lowest BCUT2D eigenvalue weighted by atomic mass is 9.86. The summed E-state index contributed by atoms with van der Waals surface area (Å²) in [4.78, 5) is 25.8. The van der Waals surface area contributed by atoms with Gasteiger partial charge in [0, 0.05) is 22.7 Å². The highest BCUT2D eigenvalue weighted by atomic mass is 16.2. The Kier molecular flexibility index (Phi) is 5.37. The average Bonchev–Trinajstić information content (AvgIpc) is 3.21. The summed E-state index contributed by atoms with van der Waals surface area (Å²) in [7, 11) is 0. The molecule has 5 rings (SSSR count). The Morgan fingerprint density at radius 1 is 0.875 bits per heavy atom. The molecule has 0 radical (unpaired) electrons. The number of nitrogens with two attached hydrogens (primary N) is 1. The van der Waals surface area contributed by atoms with E-state index in [0.717, 1.165) is 46.6 Å². The molecule has 0 saturated heterocycles. The van der Waals surface area contributed by atoms with Crippen LogP contribution in [0.1, 0.15) is 36.2 Å². The predicted octanol–water partition coefficient (Wildman–Crippen LogP) is 4.06. The van der Waals surface area contributed by atoms with E-state index < -0.39 is 0 Å². The molecule has 0 bridgehead atoms. The van der Waals surface area contributed by atoms with Gasteiger partial charge >= 0.3 is 0 Å². The minimum Gasteiger partial charge on any atom is -0.328 e. The number of fused-ring (bicyclic) bond motifs is 2. The molecule has 1 aromatic heterocycles. The van der Waals surface area contributed by atoms with Crippen LogP contribution in [0.4, 0.5) is 0 Å². The Morgan fingerprint density at radius 2 is 1.62 bits per heavy atom. The van der Waals surface area contributed by atoms with E-state index in [0.29, 0.717) is 12.1 Å². The number of hydrazine groups is 1. The second-order valence-corrected chi connectivity index (χ2v) is 8.49. The average molecular weight is 427 g/mol. The van der Waals surface area contributed by atoms with Crippen molar-refractivity contribution in [1.29, 1.82) is 0 Å². The van der Waals surface area contributed by atoms with Crippen molar-refractivity contribution >= 4 is 33.5 Å². The topological polar surface area (TPSA) is 89.2 Å². The molecule has 4 aromatic rings. The van der Waals surface area contributed by atoms with Crippen molar-refractivity contribution in [2.24, 2.45) is 11.7 Å². The summed E-state index contributed by atoms with van der Waals surface area (Å²) < 4.78 is 1.95. The summed E-state index contributed by atoms with van der Waals surface area (Å²) in [5, 5.41) is 3.09. The van der Waals surface area contributed by atoms with Crippen molar-refractivity contribution in [2.45, 2.75) is 31.7 Å². The van der Waals surface area contributed by atoms with Crippen LogP contribution in [0, 0.1) is 5.92 Å². The number of hydrogen-bond acceptors (Lipinski definition) is 3. The van der Waals surface area contributed by atoms with Gasteiger partial charge in [0.2, 0.25) is 5.91 Å². The Hall–Kier alpha value is -3.64. The molecule has 1 aliphatic rings. The van der Waals surface area contributed by atoms with Crippen molar-refractivity contribution < 1.29 is 9.59 Å². The molecule has 32 heavy (non-hydrogen) atoms. The van der Waals surface area contributed by atoms with Gasteiger partial charge in [0.15, 0.2) is 0 Å². The number of nitrogens with zero attached hydrogens (tertiary/aromatic N) is 1. The highest BCUT2D eigenvalue weighted by molar-refractivity contribution is 6.02. The molecule has 1 fully saturated rings. The van der Waals surface area contributed by atoms with Gasteiger partial charge in [0.05, 0.1) is 11.2 Å². The number of carbonyl (C=O) groups is 2. The van der Waals surface area contributed by atoms with Crippen LogP contribution in [0.3, 0.4) is 0 Å². The van der Waals surface area contributed by atoms with Gasteiger partial charge in [-0.05, 0) is 42.8 Å². The predicted molar refractivity (Wildman–Crippen MR) is 126 cm³/mol. The molecule has 2 amide bonds. The molecule has 2 atom stereocenters. The van der Waals surface area contributed by atoms with Crippen LogP contribution in [0.2, 0.25) is 0 Å². The first-order chi connectivity index (χ1) is 15.6. The number of aromatic nitrogens is 1. The van der Waals surface area contributed by atoms with Gasteiger partial charge in [-0.2, -0.15) is 0 Å². The molecule has 3 aromatic carbocycles. The summed E-state index contributed by atoms with van der Waals surface area (Å²) in [6.45, 7) is 0. The molecule has 4 N–H and O–H groups in total. The van der Waals surface area contributed by atoms with E-state index in [1.165, 1.54) is 0 Å². The highest BCUT2D eigenvalue weighted by Gasteiger charge is 2.26. The van der Waals surface area contributed by atoms with Gasteiger partial charge in [0.25, 0.3) is 5.91 Å². The molecule has 0 aliphatic heterocycles. The standard InChI is InChI=1S/C26H26N4O2/c27-20-11-5-10-19(15-20)25(31)28-29-26(32)24-16-18-8-2-4-13-22(18)30(24)23-14-6-9-17-7-1-3-12-21(17)23/h1-4,6-9,12-14,16,19-20H,5,10-11,15,27H2,(H,28,31)(H,29,32)/t19?,20-/m1/s1. The number of rotatable bonds is 3. The van der Waals surface area contributed by atoms with Crippen LogP contribution in [-0.2, 0) is 4.79 Å². The maximum Gasteiger partial charge on any atom is 0.286 e. The lowest BCUT2D eigenvalue weighted by molar-refractivity contribution is -0.126. The first-order valence-electron chi connectivity index (χ1n) is 11.1. The minimum atomic E-state index is -0.359. The summed E-state index contributed by atoms with van der Waals surface area (Å²) in [6, 6.07) is 23.9. The second-order valence-electron chi connectivity index (χ2n) is 8.49. The maximum atomic E-state index is 13.2. The van der Waals surface area contributed by atoms with Gasteiger partial charge < -0.3 is 10.3 Å². The molecule has 162 valence electrons. The molecule has 6 nitrogen and oxygen atoms in total. The lowest BCUT2D eigenvalue weighted by Gasteiger charge is -2.25. The summed E-state index contributed by atoms with van der Waals surface area (Å²) in [5.74, 6) is -0.702. The number of nitrogens with one attached hydrogen (secondary N) is 2. The minimum absolute atomic E-state index is 0.0455. The Morgan fingerprint density at radius 3 is 2.47 bits per heavy atom. The number of benzene rings is 3. The van der Waals surface area contributed by atoms with Crippen molar-refractivity contribution in [1.82, 2.24) is 15.4 Å². The second kappa shape index (κ2) is 8.48. The number of carbonyl (C=O) groups excluding carboxylic acids is 2. The van der Waals surface area contributed by atoms with Crippen molar-refractivity contribution in [3.8, 4) is 5.69 Å². The Bertz CT molecular complexity index is 1300. The smallest absolute Gasteiger partial charge is 0.286 e. The largest absolute Gasteiger partial charge is 0.328 e. The van der Waals surface area contributed by atoms with Crippen molar-refractivity contribution in [3.05, 3.63) is 78.5 Å². The Labute approximate surface area is 186 Å². The molecule has 1 aliphatic carbocycles. The fourth-order valence-corrected chi connectivity index (χ4v) is 4.73. The zero-order valence-corrected chi connectivity index (χ0v) is 17.8. The normalized spacial score (nSPS) is 18.5.